The minimum atomic E-state index is 0.0895. The van der Waals surface area contributed by atoms with Crippen LogP contribution in [0.25, 0.3) is 0 Å². The first-order chi connectivity index (χ1) is 6.24. The van der Waals surface area contributed by atoms with Gasteiger partial charge in [0.05, 0.1) is 0 Å². The first-order valence-electron chi connectivity index (χ1n) is 5.46. The van der Waals surface area contributed by atoms with Crippen LogP contribution in [-0.2, 0) is 0 Å². The average molecular weight is 188 g/mol. The SMILES string of the molecule is CCCC(CO)(CCC)CCCO. The molecule has 13 heavy (non-hydrogen) atoms. The van der Waals surface area contributed by atoms with Crippen molar-refractivity contribution in [1.82, 2.24) is 0 Å². The van der Waals surface area contributed by atoms with Gasteiger partial charge >= 0.3 is 0 Å². The minimum Gasteiger partial charge on any atom is -0.396 e. The molecule has 0 aliphatic rings. The second-order valence-corrected chi connectivity index (χ2v) is 3.99. The van der Waals surface area contributed by atoms with Gasteiger partial charge in [0.2, 0.25) is 0 Å². The molecule has 2 nitrogen and oxygen atoms in total. The lowest BCUT2D eigenvalue weighted by molar-refractivity contribution is 0.0845. The van der Waals surface area contributed by atoms with Crippen LogP contribution in [0.3, 0.4) is 0 Å². The van der Waals surface area contributed by atoms with E-state index in [0.717, 1.165) is 38.5 Å². The largest absolute Gasteiger partial charge is 0.396 e. The lowest BCUT2D eigenvalue weighted by Gasteiger charge is -2.31. The van der Waals surface area contributed by atoms with Crippen LogP contribution in [0.15, 0.2) is 0 Å². The molecule has 0 aliphatic carbocycles. The van der Waals surface area contributed by atoms with Crippen molar-refractivity contribution in [3.8, 4) is 0 Å². The van der Waals surface area contributed by atoms with Crippen LogP contribution in [0.4, 0.5) is 0 Å². The van der Waals surface area contributed by atoms with Crippen LogP contribution in [0, 0.1) is 5.41 Å². The van der Waals surface area contributed by atoms with Gasteiger partial charge in [0, 0.05) is 13.2 Å². The van der Waals surface area contributed by atoms with Gasteiger partial charge in [-0.25, -0.2) is 0 Å². The third kappa shape index (κ3) is 4.63. The maximum absolute atomic E-state index is 9.38. The fourth-order valence-electron chi connectivity index (χ4n) is 2.13. The van der Waals surface area contributed by atoms with Crippen LogP contribution in [0.1, 0.15) is 52.4 Å². The van der Waals surface area contributed by atoms with Crippen LogP contribution in [-0.4, -0.2) is 23.4 Å². The van der Waals surface area contributed by atoms with Gasteiger partial charge in [0.25, 0.3) is 0 Å². The molecule has 0 saturated carbocycles. The van der Waals surface area contributed by atoms with E-state index in [1.54, 1.807) is 0 Å². The molecule has 0 rings (SSSR count). The molecule has 0 bridgehead atoms. The molecule has 0 heterocycles. The summed E-state index contributed by atoms with van der Waals surface area (Å²) in [5, 5.41) is 18.2. The van der Waals surface area contributed by atoms with Gasteiger partial charge < -0.3 is 10.2 Å². The molecule has 0 amide bonds. The smallest absolute Gasteiger partial charge is 0.0487 e. The molecule has 2 N–H and O–H groups in total. The Hall–Kier alpha value is -0.0800. The standard InChI is InChI=1S/C11H24O2/c1-3-6-11(10-13,7-4-2)8-5-9-12/h12-13H,3-10H2,1-2H3. The minimum absolute atomic E-state index is 0.0895. The van der Waals surface area contributed by atoms with E-state index in [1.165, 1.54) is 0 Å². The highest BCUT2D eigenvalue weighted by molar-refractivity contribution is 4.77. The normalized spacial score (nSPS) is 12.0. The van der Waals surface area contributed by atoms with E-state index in [1.807, 2.05) is 0 Å². The molecule has 0 atom stereocenters. The molecule has 2 heteroatoms. The predicted octanol–water partition coefficient (Wildman–Crippen LogP) is 2.34. The van der Waals surface area contributed by atoms with Crippen molar-refractivity contribution < 1.29 is 10.2 Å². The summed E-state index contributed by atoms with van der Waals surface area (Å²) in [4.78, 5) is 0. The molecule has 0 aromatic rings. The Morgan fingerprint density at radius 2 is 1.46 bits per heavy atom. The number of hydrogen-bond donors (Lipinski definition) is 2. The second kappa shape index (κ2) is 7.34. The van der Waals surface area contributed by atoms with Gasteiger partial charge in [-0.05, 0) is 31.1 Å². The summed E-state index contributed by atoms with van der Waals surface area (Å²) in [5.74, 6) is 0. The molecule has 0 aliphatic heterocycles. The Labute approximate surface area is 82.0 Å². The molecule has 0 aromatic carbocycles. The highest BCUT2D eigenvalue weighted by atomic mass is 16.3. The van der Waals surface area contributed by atoms with Gasteiger partial charge in [0.15, 0.2) is 0 Å². The van der Waals surface area contributed by atoms with Crippen LogP contribution in [0.5, 0.6) is 0 Å². The van der Waals surface area contributed by atoms with Crippen molar-refractivity contribution in [2.75, 3.05) is 13.2 Å². The Morgan fingerprint density at radius 1 is 0.923 bits per heavy atom. The first kappa shape index (κ1) is 12.9. The summed E-state index contributed by atoms with van der Waals surface area (Å²) >= 11 is 0. The molecule has 0 unspecified atom stereocenters. The van der Waals surface area contributed by atoms with Gasteiger partial charge in [-0.3, -0.25) is 0 Å². The van der Waals surface area contributed by atoms with E-state index in [-0.39, 0.29) is 18.6 Å². The van der Waals surface area contributed by atoms with Crippen LogP contribution < -0.4 is 0 Å². The van der Waals surface area contributed by atoms with Crippen LogP contribution in [0.2, 0.25) is 0 Å². The van der Waals surface area contributed by atoms with Crippen molar-refractivity contribution in [3.63, 3.8) is 0 Å². The van der Waals surface area contributed by atoms with Gasteiger partial charge in [-0.1, -0.05) is 26.7 Å². The number of hydrogen-bond acceptors (Lipinski definition) is 2. The summed E-state index contributed by atoms with van der Waals surface area (Å²) in [7, 11) is 0. The van der Waals surface area contributed by atoms with Crippen molar-refractivity contribution in [2.45, 2.75) is 52.4 Å². The molecule has 0 aromatic heterocycles. The molecule has 0 spiro atoms. The quantitative estimate of drug-likeness (QED) is 0.614. The van der Waals surface area contributed by atoms with E-state index in [9.17, 15) is 5.11 Å². The Morgan fingerprint density at radius 3 is 1.77 bits per heavy atom. The topological polar surface area (TPSA) is 40.5 Å². The van der Waals surface area contributed by atoms with E-state index in [2.05, 4.69) is 13.8 Å². The first-order valence-corrected chi connectivity index (χ1v) is 5.46. The molecule has 0 fully saturated rings. The molecule has 0 saturated heterocycles. The summed E-state index contributed by atoms with van der Waals surface area (Å²) in [6, 6.07) is 0. The average Bonchev–Trinajstić information content (AvgIpc) is 2.15. The van der Waals surface area contributed by atoms with E-state index >= 15 is 0 Å². The monoisotopic (exact) mass is 188 g/mol. The molecular formula is C11H24O2. The predicted molar refractivity (Wildman–Crippen MR) is 55.7 cm³/mol. The molecule has 0 radical (unpaired) electrons. The summed E-state index contributed by atoms with van der Waals surface area (Å²) < 4.78 is 0. The zero-order valence-electron chi connectivity index (χ0n) is 9.05. The zero-order valence-corrected chi connectivity index (χ0v) is 9.05. The van der Waals surface area contributed by atoms with Crippen molar-refractivity contribution >= 4 is 0 Å². The van der Waals surface area contributed by atoms with Gasteiger partial charge in [0.1, 0.15) is 0 Å². The fraction of sp³-hybridized carbons (Fsp3) is 1.00. The van der Waals surface area contributed by atoms with Crippen molar-refractivity contribution in [2.24, 2.45) is 5.41 Å². The van der Waals surface area contributed by atoms with Crippen molar-refractivity contribution in [3.05, 3.63) is 0 Å². The number of aliphatic hydroxyl groups is 2. The van der Waals surface area contributed by atoms with E-state index in [4.69, 9.17) is 5.11 Å². The number of aliphatic hydroxyl groups excluding tert-OH is 2. The van der Waals surface area contributed by atoms with Gasteiger partial charge in [-0.15, -0.1) is 0 Å². The Bertz CT molecular complexity index is 107. The summed E-state index contributed by atoms with van der Waals surface area (Å²) in [6.45, 7) is 4.82. The lowest BCUT2D eigenvalue weighted by atomic mass is 9.76. The van der Waals surface area contributed by atoms with E-state index < -0.39 is 0 Å². The molecular weight excluding hydrogens is 164 g/mol. The maximum atomic E-state index is 9.38. The lowest BCUT2D eigenvalue weighted by Crippen LogP contribution is -2.25. The van der Waals surface area contributed by atoms with Crippen LogP contribution >= 0.6 is 0 Å². The zero-order chi connectivity index (χ0) is 10.2. The highest BCUT2D eigenvalue weighted by Crippen LogP contribution is 2.34. The highest BCUT2D eigenvalue weighted by Gasteiger charge is 2.26. The third-order valence-corrected chi connectivity index (χ3v) is 2.76. The summed E-state index contributed by atoms with van der Waals surface area (Å²) in [5.41, 5.74) is 0.0895. The maximum Gasteiger partial charge on any atom is 0.0487 e. The molecule has 80 valence electrons. The Kier molecular flexibility index (Phi) is 7.29. The van der Waals surface area contributed by atoms with Gasteiger partial charge in [-0.2, -0.15) is 0 Å². The third-order valence-electron chi connectivity index (χ3n) is 2.76. The second-order valence-electron chi connectivity index (χ2n) is 3.99. The van der Waals surface area contributed by atoms with E-state index in [0.29, 0.717) is 0 Å². The fourth-order valence-corrected chi connectivity index (χ4v) is 2.13. The number of rotatable bonds is 8. The summed E-state index contributed by atoms with van der Waals surface area (Å²) in [6.07, 6.45) is 6.18. The van der Waals surface area contributed by atoms with Crippen molar-refractivity contribution in [1.29, 1.82) is 0 Å². The Balaban J connectivity index is 4.07.